The number of ketones is 1. The van der Waals surface area contributed by atoms with Gasteiger partial charge in [0.1, 0.15) is 11.9 Å². The number of fused-ring (bicyclic) bond motifs is 1. The average molecular weight is 572 g/mol. The van der Waals surface area contributed by atoms with Gasteiger partial charge in [0.15, 0.2) is 5.78 Å². The molecule has 5 rings (SSSR count). The zero-order valence-corrected chi connectivity index (χ0v) is 21.5. The molecule has 1 aliphatic heterocycles. The molecule has 4 nitrogen and oxygen atoms in total. The van der Waals surface area contributed by atoms with Gasteiger partial charge in [-0.1, -0.05) is 12.1 Å². The van der Waals surface area contributed by atoms with Gasteiger partial charge in [-0.15, -0.1) is 0 Å². The molecule has 2 aromatic carbocycles. The van der Waals surface area contributed by atoms with Crippen LogP contribution in [0, 0.1) is 17.7 Å². The molecule has 0 radical (unpaired) electrons. The number of aliphatic hydroxyl groups excluding tert-OH is 1. The Morgan fingerprint density at radius 3 is 2.12 bits per heavy atom. The second-order valence-corrected chi connectivity index (χ2v) is 10.9. The van der Waals surface area contributed by atoms with Crippen molar-refractivity contribution in [1.29, 1.82) is 0 Å². The van der Waals surface area contributed by atoms with Gasteiger partial charge in [-0.3, -0.25) is 4.79 Å². The molecule has 3 aliphatic rings. The Bertz CT molecular complexity index is 1260. The van der Waals surface area contributed by atoms with Crippen molar-refractivity contribution in [2.24, 2.45) is 11.8 Å². The van der Waals surface area contributed by atoms with Crippen LogP contribution in [-0.2, 0) is 21.9 Å². The van der Waals surface area contributed by atoms with E-state index in [9.17, 15) is 40.6 Å². The van der Waals surface area contributed by atoms with Crippen LogP contribution in [0.4, 0.5) is 30.7 Å². The fourth-order valence-electron chi connectivity index (χ4n) is 6.37. The minimum atomic E-state index is -4.97. The normalized spacial score (nSPS) is 28.0. The molecule has 0 bridgehead atoms. The number of ether oxygens (including phenoxy) is 1. The highest BCUT2D eigenvalue weighted by molar-refractivity contribution is 5.96. The van der Waals surface area contributed by atoms with Crippen LogP contribution in [0.25, 0.3) is 0 Å². The summed E-state index contributed by atoms with van der Waals surface area (Å²) in [5.74, 6) is -0.972. The predicted molar refractivity (Wildman–Crippen MR) is 130 cm³/mol. The van der Waals surface area contributed by atoms with Crippen LogP contribution in [0.2, 0.25) is 0 Å². The number of benzene rings is 2. The Balaban J connectivity index is 1.44. The van der Waals surface area contributed by atoms with E-state index < -0.39 is 47.6 Å². The zero-order chi connectivity index (χ0) is 29.0. The smallest absolute Gasteiger partial charge is 0.385 e. The maximum atomic E-state index is 13.8. The van der Waals surface area contributed by atoms with Crippen molar-refractivity contribution < 1.29 is 45.4 Å². The first-order valence-corrected chi connectivity index (χ1v) is 13.1. The summed E-state index contributed by atoms with van der Waals surface area (Å²) in [5, 5.41) is 9.91. The first-order valence-electron chi connectivity index (χ1n) is 13.1. The third-order valence-electron chi connectivity index (χ3n) is 8.33. The lowest BCUT2D eigenvalue weighted by Crippen LogP contribution is -2.38. The van der Waals surface area contributed by atoms with Gasteiger partial charge in [0.25, 0.3) is 0 Å². The van der Waals surface area contributed by atoms with E-state index in [0.717, 1.165) is 11.3 Å². The molecule has 0 aromatic heterocycles. The van der Waals surface area contributed by atoms with Crippen LogP contribution in [0.3, 0.4) is 0 Å². The number of rotatable bonds is 5. The summed E-state index contributed by atoms with van der Waals surface area (Å²) in [6.45, 7) is 2.59. The number of alkyl halides is 6. The van der Waals surface area contributed by atoms with Gasteiger partial charge in [0.05, 0.1) is 23.3 Å². The summed E-state index contributed by atoms with van der Waals surface area (Å²) in [7, 11) is 0. The minimum absolute atomic E-state index is 0.0302. The fraction of sp³-hybridized carbons (Fsp3) is 0.483. The standard InChI is InChI=1S/C29H28F7NO3/c1-15(18-8-19(28(31,32)33)10-20(9-18)29(34,35)36)40-26-7-4-17-13-37(22-11-24(38)25(39)12-22)14-23(17)27(26)16-2-5-21(30)6-3-16/h2-3,5-6,8-11,15,17,23,25-27,39H,4,7,12-14H2,1H3/t15-,17-,23-,25?,26+,27+/m1/s1. The van der Waals surface area contributed by atoms with Gasteiger partial charge in [-0.25, -0.2) is 4.39 Å². The van der Waals surface area contributed by atoms with Crippen LogP contribution in [0.15, 0.2) is 54.2 Å². The van der Waals surface area contributed by atoms with Gasteiger partial charge >= 0.3 is 12.4 Å². The number of aliphatic hydroxyl groups is 1. The number of carbonyl (C=O) groups is 1. The first-order chi connectivity index (χ1) is 18.7. The quantitative estimate of drug-likeness (QED) is 0.409. The van der Waals surface area contributed by atoms with Gasteiger partial charge < -0.3 is 14.7 Å². The van der Waals surface area contributed by atoms with E-state index in [-0.39, 0.29) is 41.6 Å². The molecule has 11 heteroatoms. The molecule has 40 heavy (non-hydrogen) atoms. The molecule has 1 saturated carbocycles. The van der Waals surface area contributed by atoms with E-state index in [2.05, 4.69) is 0 Å². The van der Waals surface area contributed by atoms with Gasteiger partial charge in [0.2, 0.25) is 0 Å². The molecule has 2 fully saturated rings. The van der Waals surface area contributed by atoms with E-state index in [1.807, 2.05) is 4.90 Å². The number of carbonyl (C=O) groups excluding carboxylic acids is 1. The number of hydrogen-bond donors (Lipinski definition) is 1. The lowest BCUT2D eigenvalue weighted by Gasteiger charge is -2.41. The van der Waals surface area contributed by atoms with Gasteiger partial charge in [0, 0.05) is 37.2 Å². The fourth-order valence-corrected chi connectivity index (χ4v) is 6.37. The van der Waals surface area contributed by atoms with Crippen molar-refractivity contribution in [1.82, 2.24) is 4.90 Å². The lowest BCUT2D eigenvalue weighted by molar-refractivity contribution is -0.143. The molecule has 1 N–H and O–H groups in total. The van der Waals surface area contributed by atoms with Crippen LogP contribution >= 0.6 is 0 Å². The molecule has 0 amide bonds. The molecule has 1 unspecified atom stereocenters. The Kier molecular flexibility index (Phi) is 7.50. The van der Waals surface area contributed by atoms with Crippen molar-refractivity contribution in [3.05, 3.63) is 82.3 Å². The number of likely N-dealkylation sites (tertiary alicyclic amines) is 1. The van der Waals surface area contributed by atoms with Crippen molar-refractivity contribution in [3.8, 4) is 0 Å². The van der Waals surface area contributed by atoms with E-state index in [1.165, 1.54) is 25.1 Å². The largest absolute Gasteiger partial charge is 0.416 e. The van der Waals surface area contributed by atoms with Crippen molar-refractivity contribution in [2.45, 2.75) is 62.8 Å². The molecule has 216 valence electrons. The second kappa shape index (κ2) is 10.5. The molecular weight excluding hydrogens is 543 g/mol. The number of halogens is 7. The van der Waals surface area contributed by atoms with E-state index in [4.69, 9.17) is 4.74 Å². The minimum Gasteiger partial charge on any atom is -0.385 e. The second-order valence-electron chi connectivity index (χ2n) is 10.9. The molecule has 1 heterocycles. The highest BCUT2D eigenvalue weighted by Gasteiger charge is 2.47. The Hall–Kier alpha value is -2.92. The van der Waals surface area contributed by atoms with Crippen LogP contribution < -0.4 is 0 Å². The third-order valence-corrected chi connectivity index (χ3v) is 8.33. The van der Waals surface area contributed by atoms with Crippen LogP contribution in [-0.4, -0.2) is 41.1 Å². The molecule has 0 spiro atoms. The summed E-state index contributed by atoms with van der Waals surface area (Å²) in [5.41, 5.74) is -1.55. The summed E-state index contributed by atoms with van der Waals surface area (Å²) < 4.78 is 101. The van der Waals surface area contributed by atoms with Crippen molar-refractivity contribution in [3.63, 3.8) is 0 Å². The zero-order valence-electron chi connectivity index (χ0n) is 21.5. The molecule has 1 saturated heterocycles. The Morgan fingerprint density at radius 2 is 1.57 bits per heavy atom. The van der Waals surface area contributed by atoms with Crippen molar-refractivity contribution >= 4 is 5.78 Å². The topological polar surface area (TPSA) is 49.8 Å². The van der Waals surface area contributed by atoms with Crippen LogP contribution in [0.1, 0.15) is 60.5 Å². The monoisotopic (exact) mass is 571 g/mol. The van der Waals surface area contributed by atoms with Gasteiger partial charge in [-0.2, -0.15) is 26.3 Å². The summed E-state index contributed by atoms with van der Waals surface area (Å²) in [6, 6.07) is 7.33. The van der Waals surface area contributed by atoms with Crippen molar-refractivity contribution in [2.75, 3.05) is 13.1 Å². The summed E-state index contributed by atoms with van der Waals surface area (Å²) in [4.78, 5) is 14.0. The maximum Gasteiger partial charge on any atom is 0.416 e. The molecule has 6 atom stereocenters. The summed E-state index contributed by atoms with van der Waals surface area (Å²) >= 11 is 0. The number of hydrogen-bond acceptors (Lipinski definition) is 4. The highest BCUT2D eigenvalue weighted by Crippen LogP contribution is 2.49. The van der Waals surface area contributed by atoms with E-state index in [1.54, 1.807) is 12.1 Å². The molecule has 2 aliphatic carbocycles. The average Bonchev–Trinajstić information content (AvgIpc) is 3.46. The maximum absolute atomic E-state index is 13.8. The van der Waals surface area contributed by atoms with E-state index in [0.29, 0.717) is 38.1 Å². The SMILES string of the molecule is C[C@@H](O[C@H]1CC[C@@H]2CN(C3=CC(=O)C(O)C3)C[C@H]2[C@@H]1c1ccc(F)cc1)c1cc(C(F)(F)F)cc(C(F)(F)F)c1. The predicted octanol–water partition coefficient (Wildman–Crippen LogP) is 6.65. The van der Waals surface area contributed by atoms with Crippen LogP contribution in [0.5, 0.6) is 0 Å². The highest BCUT2D eigenvalue weighted by atomic mass is 19.4. The van der Waals surface area contributed by atoms with Gasteiger partial charge in [-0.05, 0) is 73.1 Å². The molecular formula is C29H28F7NO3. The van der Waals surface area contributed by atoms with E-state index >= 15 is 0 Å². The first kappa shape index (κ1) is 28.6. The molecule has 2 aromatic rings. The number of nitrogens with zero attached hydrogens (tertiary/aromatic N) is 1. The Labute approximate surface area is 226 Å². The summed E-state index contributed by atoms with van der Waals surface area (Å²) in [6.07, 6.45) is -9.82. The lowest BCUT2D eigenvalue weighted by atomic mass is 9.69. The Morgan fingerprint density at radius 1 is 0.950 bits per heavy atom. The third kappa shape index (κ3) is 5.76.